The van der Waals surface area contributed by atoms with Crippen molar-refractivity contribution in [3.8, 4) is 0 Å². The first kappa shape index (κ1) is 16.8. The molecule has 2 saturated heterocycles. The highest BCUT2D eigenvalue weighted by Crippen LogP contribution is 2.33. The van der Waals surface area contributed by atoms with Gasteiger partial charge in [-0.3, -0.25) is 9.78 Å². The van der Waals surface area contributed by atoms with Gasteiger partial charge in [0.1, 0.15) is 0 Å². The second-order valence-corrected chi connectivity index (χ2v) is 6.69. The molecule has 0 saturated carbocycles. The number of nitrogens with zero attached hydrogens (tertiary/aromatic N) is 3. The molecule has 1 amide bonds. The first-order valence-electron chi connectivity index (χ1n) is 9.24. The van der Waals surface area contributed by atoms with Crippen LogP contribution in [0.15, 0.2) is 42.7 Å². The van der Waals surface area contributed by atoms with Crippen LogP contribution in [0, 0.1) is 0 Å². The predicted octanol–water partition coefficient (Wildman–Crippen LogP) is 2.77. The van der Waals surface area contributed by atoms with Crippen LogP contribution in [0.1, 0.15) is 23.2 Å². The van der Waals surface area contributed by atoms with Crippen LogP contribution in [0.3, 0.4) is 0 Å². The van der Waals surface area contributed by atoms with Crippen LogP contribution in [0.2, 0.25) is 0 Å². The fourth-order valence-corrected chi connectivity index (χ4v) is 3.57. The maximum Gasteiger partial charge on any atom is 0.257 e. The molecule has 6 nitrogen and oxygen atoms in total. The zero-order chi connectivity index (χ0) is 17.8. The van der Waals surface area contributed by atoms with Gasteiger partial charge in [0, 0.05) is 44.3 Å². The van der Waals surface area contributed by atoms with Gasteiger partial charge in [-0.25, -0.2) is 0 Å². The highest BCUT2D eigenvalue weighted by Gasteiger charge is 2.20. The Bertz CT molecular complexity index is 754. The number of carbonyl (C=O) groups excluding carboxylic acids is 1. The van der Waals surface area contributed by atoms with E-state index in [2.05, 4.69) is 38.3 Å². The number of hydrogen-bond donors (Lipinski definition) is 1. The number of hydrogen-bond acceptors (Lipinski definition) is 5. The molecule has 6 heteroatoms. The number of amides is 1. The molecule has 1 N–H and O–H groups in total. The normalized spacial score (nSPS) is 17.4. The molecule has 136 valence electrons. The Kier molecular flexibility index (Phi) is 5.02. The summed E-state index contributed by atoms with van der Waals surface area (Å²) in [7, 11) is 0. The van der Waals surface area contributed by atoms with E-state index in [-0.39, 0.29) is 5.91 Å². The summed E-state index contributed by atoms with van der Waals surface area (Å²) in [5.41, 5.74) is 3.63. The summed E-state index contributed by atoms with van der Waals surface area (Å²) < 4.78 is 5.47. The van der Waals surface area contributed by atoms with Crippen LogP contribution in [0.4, 0.5) is 17.1 Å². The van der Waals surface area contributed by atoms with Gasteiger partial charge < -0.3 is 19.9 Å². The Labute approximate surface area is 153 Å². The summed E-state index contributed by atoms with van der Waals surface area (Å²) in [5.74, 6) is -0.133. The van der Waals surface area contributed by atoms with E-state index >= 15 is 0 Å². The second kappa shape index (κ2) is 7.74. The minimum atomic E-state index is -0.133. The third-order valence-corrected chi connectivity index (χ3v) is 4.98. The molecule has 0 unspecified atom stereocenters. The largest absolute Gasteiger partial charge is 0.378 e. The topological polar surface area (TPSA) is 57.7 Å². The van der Waals surface area contributed by atoms with Crippen LogP contribution in [0.5, 0.6) is 0 Å². The Balaban J connectivity index is 1.63. The zero-order valence-electron chi connectivity index (χ0n) is 14.9. The van der Waals surface area contributed by atoms with Crippen molar-refractivity contribution >= 4 is 23.0 Å². The predicted molar refractivity (Wildman–Crippen MR) is 103 cm³/mol. The quantitative estimate of drug-likeness (QED) is 0.917. The van der Waals surface area contributed by atoms with Gasteiger partial charge in [-0.2, -0.15) is 0 Å². The molecule has 2 aliphatic rings. The Hall–Kier alpha value is -2.60. The van der Waals surface area contributed by atoms with E-state index < -0.39 is 0 Å². The monoisotopic (exact) mass is 352 g/mol. The fraction of sp³-hybridized carbons (Fsp3) is 0.400. The van der Waals surface area contributed by atoms with Gasteiger partial charge in [-0.05, 0) is 43.2 Å². The maximum absolute atomic E-state index is 12.7. The van der Waals surface area contributed by atoms with E-state index in [1.54, 1.807) is 24.5 Å². The molecular weight excluding hydrogens is 328 g/mol. The lowest BCUT2D eigenvalue weighted by Gasteiger charge is -2.31. The van der Waals surface area contributed by atoms with Crippen molar-refractivity contribution in [1.29, 1.82) is 0 Å². The first-order valence-corrected chi connectivity index (χ1v) is 9.24. The molecule has 0 radical (unpaired) electrons. The van der Waals surface area contributed by atoms with Gasteiger partial charge in [0.2, 0.25) is 0 Å². The lowest BCUT2D eigenvalue weighted by Crippen LogP contribution is -2.36. The van der Waals surface area contributed by atoms with Crippen molar-refractivity contribution in [2.75, 3.05) is 54.5 Å². The standard InChI is InChI=1S/C20H24N4O2/c25-20(16-4-3-7-21-15-16)22-18-14-17(23-8-1-2-9-23)5-6-19(18)24-10-12-26-13-11-24/h3-7,14-15H,1-2,8-13H2,(H,22,25). The fourth-order valence-electron chi connectivity index (χ4n) is 3.57. The van der Waals surface area contributed by atoms with E-state index in [1.165, 1.54) is 18.5 Å². The lowest BCUT2D eigenvalue weighted by atomic mass is 10.1. The molecule has 2 aromatic rings. The van der Waals surface area contributed by atoms with E-state index in [1.807, 2.05) is 0 Å². The van der Waals surface area contributed by atoms with Gasteiger partial charge in [0.25, 0.3) is 5.91 Å². The van der Waals surface area contributed by atoms with Gasteiger partial charge in [-0.1, -0.05) is 0 Å². The van der Waals surface area contributed by atoms with Crippen LogP contribution in [-0.4, -0.2) is 50.3 Å². The zero-order valence-corrected chi connectivity index (χ0v) is 14.9. The second-order valence-electron chi connectivity index (χ2n) is 6.69. The SMILES string of the molecule is O=C(Nc1cc(N2CCCC2)ccc1N1CCOCC1)c1cccnc1. The number of anilines is 3. The van der Waals surface area contributed by atoms with E-state index in [4.69, 9.17) is 4.74 Å². The molecule has 1 aromatic heterocycles. The number of pyridine rings is 1. The van der Waals surface area contributed by atoms with Crippen molar-refractivity contribution in [3.05, 3.63) is 48.3 Å². The molecule has 4 rings (SSSR count). The summed E-state index contributed by atoms with van der Waals surface area (Å²) in [5, 5.41) is 3.10. The molecule has 26 heavy (non-hydrogen) atoms. The number of ether oxygens (including phenoxy) is 1. The van der Waals surface area contributed by atoms with E-state index in [0.29, 0.717) is 18.8 Å². The molecule has 0 aliphatic carbocycles. The van der Waals surface area contributed by atoms with Crippen LogP contribution in [-0.2, 0) is 4.74 Å². The third-order valence-electron chi connectivity index (χ3n) is 4.98. The number of rotatable bonds is 4. The Morgan fingerprint density at radius 2 is 1.85 bits per heavy atom. The van der Waals surface area contributed by atoms with Crippen LogP contribution in [0.25, 0.3) is 0 Å². The van der Waals surface area contributed by atoms with E-state index in [9.17, 15) is 4.79 Å². The third kappa shape index (κ3) is 3.65. The van der Waals surface area contributed by atoms with Crippen molar-refractivity contribution < 1.29 is 9.53 Å². The summed E-state index contributed by atoms with van der Waals surface area (Å²) in [4.78, 5) is 21.4. The molecule has 2 fully saturated rings. The summed E-state index contributed by atoms with van der Waals surface area (Å²) in [6.07, 6.45) is 5.71. The minimum Gasteiger partial charge on any atom is -0.378 e. The summed E-state index contributed by atoms with van der Waals surface area (Å²) in [6.45, 7) is 5.24. The van der Waals surface area contributed by atoms with Gasteiger partial charge in [-0.15, -0.1) is 0 Å². The number of morpholine rings is 1. The average Bonchev–Trinajstić information content (AvgIpc) is 3.24. The number of nitrogens with one attached hydrogen (secondary N) is 1. The number of carbonyl (C=O) groups is 1. The summed E-state index contributed by atoms with van der Waals surface area (Å²) >= 11 is 0. The smallest absolute Gasteiger partial charge is 0.257 e. The molecule has 1 aromatic carbocycles. The Morgan fingerprint density at radius 1 is 1.04 bits per heavy atom. The van der Waals surface area contributed by atoms with Crippen molar-refractivity contribution in [3.63, 3.8) is 0 Å². The van der Waals surface area contributed by atoms with Crippen molar-refractivity contribution in [1.82, 2.24) is 4.98 Å². The first-order chi connectivity index (χ1) is 12.8. The van der Waals surface area contributed by atoms with Crippen LogP contribution < -0.4 is 15.1 Å². The van der Waals surface area contributed by atoms with Crippen LogP contribution >= 0.6 is 0 Å². The summed E-state index contributed by atoms with van der Waals surface area (Å²) in [6, 6.07) is 9.94. The Morgan fingerprint density at radius 3 is 2.58 bits per heavy atom. The molecule has 0 atom stereocenters. The van der Waals surface area contributed by atoms with Gasteiger partial charge in [0.05, 0.1) is 30.2 Å². The highest BCUT2D eigenvalue weighted by atomic mass is 16.5. The highest BCUT2D eigenvalue weighted by molar-refractivity contribution is 6.06. The van der Waals surface area contributed by atoms with Gasteiger partial charge in [0.15, 0.2) is 0 Å². The minimum absolute atomic E-state index is 0.133. The molecule has 3 heterocycles. The van der Waals surface area contributed by atoms with Gasteiger partial charge >= 0.3 is 0 Å². The molecular formula is C20H24N4O2. The van der Waals surface area contributed by atoms with E-state index in [0.717, 1.165) is 37.6 Å². The number of benzene rings is 1. The number of aromatic nitrogens is 1. The molecule has 2 aliphatic heterocycles. The maximum atomic E-state index is 12.7. The van der Waals surface area contributed by atoms with Crippen molar-refractivity contribution in [2.24, 2.45) is 0 Å². The molecule has 0 bridgehead atoms. The molecule has 0 spiro atoms. The lowest BCUT2D eigenvalue weighted by molar-refractivity contribution is 0.102. The van der Waals surface area contributed by atoms with Crippen molar-refractivity contribution in [2.45, 2.75) is 12.8 Å². The average molecular weight is 352 g/mol.